The Bertz CT molecular complexity index is 487. The Morgan fingerprint density at radius 3 is 2.43 bits per heavy atom. The molecule has 1 fully saturated rings. The highest BCUT2D eigenvalue weighted by Gasteiger charge is 2.33. The predicted octanol–water partition coefficient (Wildman–Crippen LogP) is 0.560. The molecule has 2 atom stereocenters. The lowest BCUT2D eigenvalue weighted by Gasteiger charge is -2.36. The van der Waals surface area contributed by atoms with Gasteiger partial charge < -0.3 is 10.6 Å². The summed E-state index contributed by atoms with van der Waals surface area (Å²) in [6.45, 7) is 5.99. The third kappa shape index (κ3) is 5.65. The number of piperidine rings is 1. The van der Waals surface area contributed by atoms with E-state index in [4.69, 9.17) is 5.73 Å². The summed E-state index contributed by atoms with van der Waals surface area (Å²) in [5, 5.41) is 0. The van der Waals surface area contributed by atoms with Crippen LogP contribution < -0.4 is 5.73 Å². The molecule has 6 nitrogen and oxygen atoms in total. The highest BCUT2D eigenvalue weighted by molar-refractivity contribution is 7.92. The van der Waals surface area contributed by atoms with Crippen LogP contribution in [0.25, 0.3) is 0 Å². The third-order valence-corrected chi connectivity index (χ3v) is 5.50. The molecule has 1 aliphatic rings. The Kier molecular flexibility index (Phi) is 6.19. The molecule has 1 rings (SSSR count). The van der Waals surface area contributed by atoms with Crippen LogP contribution in [0.4, 0.5) is 0 Å². The van der Waals surface area contributed by atoms with Crippen molar-refractivity contribution in [1.82, 2.24) is 4.90 Å². The van der Waals surface area contributed by atoms with Crippen LogP contribution in [0, 0.1) is 11.8 Å². The molecule has 2 N–H and O–H groups in total. The van der Waals surface area contributed by atoms with E-state index in [1.165, 1.54) is 4.90 Å². The van der Waals surface area contributed by atoms with Crippen LogP contribution in [0.5, 0.6) is 0 Å². The lowest BCUT2D eigenvalue weighted by atomic mass is 9.93. The third-order valence-electron chi connectivity index (χ3n) is 3.95. The van der Waals surface area contributed by atoms with Crippen molar-refractivity contribution in [1.29, 1.82) is 0 Å². The van der Waals surface area contributed by atoms with Crippen LogP contribution in [-0.4, -0.2) is 49.2 Å². The monoisotopic (exact) mass is 318 g/mol. The largest absolute Gasteiger partial charge is 0.369 e. The Balaban J connectivity index is 2.66. The fourth-order valence-electron chi connectivity index (χ4n) is 2.45. The first-order valence-corrected chi connectivity index (χ1v) is 9.23. The summed E-state index contributed by atoms with van der Waals surface area (Å²) in [4.78, 5) is 25.0. The predicted molar refractivity (Wildman–Crippen MR) is 81.2 cm³/mol. The molecule has 0 bridgehead atoms. The quantitative estimate of drug-likeness (QED) is 0.773. The summed E-state index contributed by atoms with van der Waals surface area (Å²) in [6.07, 6.45) is 1.88. The van der Waals surface area contributed by atoms with Gasteiger partial charge in [0.15, 0.2) is 9.84 Å². The van der Waals surface area contributed by atoms with Gasteiger partial charge in [0.1, 0.15) is 5.75 Å². The van der Waals surface area contributed by atoms with E-state index in [0.29, 0.717) is 19.3 Å². The zero-order chi connectivity index (χ0) is 16.2. The summed E-state index contributed by atoms with van der Waals surface area (Å²) in [6, 6.07) is -0.0478. The van der Waals surface area contributed by atoms with Crippen molar-refractivity contribution in [2.24, 2.45) is 17.6 Å². The molecule has 0 aromatic heterocycles. The molecule has 0 spiro atoms. The molecule has 0 aromatic rings. The maximum Gasteiger partial charge on any atom is 0.238 e. The zero-order valence-electron chi connectivity index (χ0n) is 13.0. The average molecular weight is 318 g/mol. The minimum Gasteiger partial charge on any atom is -0.369 e. The molecule has 1 saturated heterocycles. The van der Waals surface area contributed by atoms with Gasteiger partial charge in [-0.15, -0.1) is 0 Å². The zero-order valence-corrected chi connectivity index (χ0v) is 13.9. The fourth-order valence-corrected chi connectivity index (χ4v) is 3.96. The number of rotatable bonds is 6. The van der Waals surface area contributed by atoms with Gasteiger partial charge in [-0.05, 0) is 32.1 Å². The number of nitrogens with zero attached hydrogens (tertiary/aromatic N) is 1. The van der Waals surface area contributed by atoms with E-state index < -0.39 is 27.4 Å². The lowest BCUT2D eigenvalue weighted by molar-refractivity contribution is -0.135. The van der Waals surface area contributed by atoms with Crippen LogP contribution in [0.2, 0.25) is 0 Å². The Morgan fingerprint density at radius 2 is 1.90 bits per heavy atom. The van der Waals surface area contributed by atoms with Gasteiger partial charge in [-0.1, -0.05) is 13.8 Å². The van der Waals surface area contributed by atoms with E-state index in [9.17, 15) is 18.0 Å². The molecule has 0 aliphatic carbocycles. The molecule has 2 amide bonds. The number of nitrogens with two attached hydrogens (primary N) is 1. The smallest absolute Gasteiger partial charge is 0.238 e. The maximum absolute atomic E-state index is 12.2. The van der Waals surface area contributed by atoms with Crippen molar-refractivity contribution in [2.45, 2.75) is 46.1 Å². The number of carbonyl (C=O) groups excluding carboxylic acids is 2. The van der Waals surface area contributed by atoms with Gasteiger partial charge in [0, 0.05) is 12.6 Å². The van der Waals surface area contributed by atoms with Crippen molar-refractivity contribution in [2.75, 3.05) is 18.1 Å². The fraction of sp³-hybridized carbons (Fsp3) is 0.857. The summed E-state index contributed by atoms with van der Waals surface area (Å²) in [5.41, 5.74) is 5.29. The SMILES string of the molecule is CC(C)CCS(=O)(=O)CC(=O)N1C[C@@H](C(N)=O)CC[C@H]1C. The first-order valence-electron chi connectivity index (χ1n) is 7.41. The second-order valence-electron chi connectivity index (χ2n) is 6.35. The second-order valence-corrected chi connectivity index (χ2v) is 8.53. The summed E-state index contributed by atoms with van der Waals surface area (Å²) >= 11 is 0. The molecular formula is C14H26N2O4S. The molecular weight excluding hydrogens is 292 g/mol. The van der Waals surface area contributed by atoms with E-state index in [-0.39, 0.29) is 30.2 Å². The van der Waals surface area contributed by atoms with E-state index in [0.717, 1.165) is 0 Å². The van der Waals surface area contributed by atoms with E-state index in [1.54, 1.807) is 0 Å². The molecule has 0 unspecified atom stereocenters. The van der Waals surface area contributed by atoms with E-state index >= 15 is 0 Å². The van der Waals surface area contributed by atoms with Crippen LogP contribution in [-0.2, 0) is 19.4 Å². The minimum atomic E-state index is -3.39. The van der Waals surface area contributed by atoms with Crippen molar-refractivity contribution >= 4 is 21.7 Å². The minimum absolute atomic E-state index is 0.0257. The van der Waals surface area contributed by atoms with Crippen LogP contribution in [0.1, 0.15) is 40.0 Å². The molecule has 1 heterocycles. The van der Waals surface area contributed by atoms with Gasteiger partial charge in [-0.25, -0.2) is 8.42 Å². The molecule has 122 valence electrons. The number of amides is 2. The number of hydrogen-bond donors (Lipinski definition) is 1. The molecule has 0 aromatic carbocycles. The van der Waals surface area contributed by atoms with Gasteiger partial charge >= 0.3 is 0 Å². The normalized spacial score (nSPS) is 23.3. The number of carbonyl (C=O) groups is 2. The van der Waals surface area contributed by atoms with Gasteiger partial charge in [0.25, 0.3) is 0 Å². The topological polar surface area (TPSA) is 97.5 Å². The van der Waals surface area contributed by atoms with Crippen molar-refractivity contribution < 1.29 is 18.0 Å². The molecule has 0 radical (unpaired) electrons. The number of hydrogen-bond acceptors (Lipinski definition) is 4. The van der Waals surface area contributed by atoms with Crippen LogP contribution in [0.3, 0.4) is 0 Å². The van der Waals surface area contributed by atoms with Crippen molar-refractivity contribution in [3.05, 3.63) is 0 Å². The number of sulfone groups is 1. The van der Waals surface area contributed by atoms with Gasteiger partial charge in [0.2, 0.25) is 11.8 Å². The first-order chi connectivity index (χ1) is 9.62. The Labute approximate surface area is 127 Å². The Morgan fingerprint density at radius 1 is 1.29 bits per heavy atom. The maximum atomic E-state index is 12.2. The first kappa shape index (κ1) is 17.9. The van der Waals surface area contributed by atoms with Gasteiger partial charge in [0.05, 0.1) is 11.7 Å². The second kappa shape index (κ2) is 7.24. The lowest BCUT2D eigenvalue weighted by Crippen LogP contribution is -2.50. The molecule has 0 saturated carbocycles. The van der Waals surface area contributed by atoms with Gasteiger partial charge in [-0.3, -0.25) is 9.59 Å². The summed E-state index contributed by atoms with van der Waals surface area (Å²) in [7, 11) is -3.39. The summed E-state index contributed by atoms with van der Waals surface area (Å²) in [5.74, 6) is -1.39. The van der Waals surface area contributed by atoms with Crippen LogP contribution >= 0.6 is 0 Å². The number of primary amides is 1. The highest BCUT2D eigenvalue weighted by atomic mass is 32.2. The molecule has 21 heavy (non-hydrogen) atoms. The number of likely N-dealkylation sites (tertiary alicyclic amines) is 1. The Hall–Kier alpha value is -1.11. The van der Waals surface area contributed by atoms with E-state index in [1.807, 2.05) is 20.8 Å². The van der Waals surface area contributed by atoms with Gasteiger partial charge in [-0.2, -0.15) is 0 Å². The van der Waals surface area contributed by atoms with Crippen molar-refractivity contribution in [3.8, 4) is 0 Å². The standard InChI is InChI=1S/C14H26N2O4S/c1-10(2)6-7-21(19,20)9-13(17)16-8-12(14(15)18)5-4-11(16)3/h10-12H,4-9H2,1-3H3,(H2,15,18)/t11-,12+/m1/s1. The average Bonchev–Trinajstić information content (AvgIpc) is 2.36. The van der Waals surface area contributed by atoms with E-state index in [2.05, 4.69) is 0 Å². The highest BCUT2D eigenvalue weighted by Crippen LogP contribution is 2.22. The molecule has 1 aliphatic heterocycles. The van der Waals surface area contributed by atoms with Crippen LogP contribution in [0.15, 0.2) is 0 Å². The van der Waals surface area contributed by atoms with Crippen molar-refractivity contribution in [3.63, 3.8) is 0 Å². The molecule has 7 heteroatoms. The summed E-state index contributed by atoms with van der Waals surface area (Å²) < 4.78 is 23.9.